The molecule has 0 bridgehead atoms. The smallest absolute Gasteiger partial charge is 0.280 e. The van der Waals surface area contributed by atoms with Crippen molar-refractivity contribution in [2.75, 3.05) is 13.1 Å². The lowest BCUT2D eigenvalue weighted by Crippen LogP contribution is -2.93. The van der Waals surface area contributed by atoms with Gasteiger partial charge in [0.15, 0.2) is 6.04 Å². The quantitative estimate of drug-likeness (QED) is 0.897. The van der Waals surface area contributed by atoms with Gasteiger partial charge < -0.3 is 15.0 Å². The summed E-state index contributed by atoms with van der Waals surface area (Å²) >= 11 is 0. The predicted octanol–water partition coefficient (Wildman–Crippen LogP) is 2.36. The summed E-state index contributed by atoms with van der Waals surface area (Å²) < 4.78 is 5.76. The lowest BCUT2D eigenvalue weighted by Gasteiger charge is -2.36. The first kappa shape index (κ1) is 18.6. The summed E-state index contributed by atoms with van der Waals surface area (Å²) in [5.41, 5.74) is 2.42. The molecule has 0 spiro atoms. The molecule has 2 aromatic rings. The van der Waals surface area contributed by atoms with Crippen LogP contribution in [-0.4, -0.2) is 42.1 Å². The molecule has 1 aliphatic rings. The minimum Gasteiger partial charge on any atom is -0.372 e. The average molecular weight is 353 g/mol. The highest BCUT2D eigenvalue weighted by molar-refractivity contribution is 5.80. The Labute approximate surface area is 156 Å². The number of ether oxygens (including phenoxy) is 1. The number of amides is 1. The number of nitrogens with zero attached hydrogens (tertiary/aromatic N) is 1. The third kappa shape index (κ3) is 4.51. The highest BCUT2D eigenvalue weighted by Crippen LogP contribution is 2.18. The zero-order valence-corrected chi connectivity index (χ0v) is 15.8. The van der Waals surface area contributed by atoms with Crippen molar-refractivity contribution in [1.82, 2.24) is 4.90 Å². The predicted molar refractivity (Wildman–Crippen MR) is 103 cm³/mol. The van der Waals surface area contributed by atoms with Crippen molar-refractivity contribution in [2.45, 2.75) is 45.1 Å². The number of nitrogens with two attached hydrogens (primary N) is 1. The van der Waals surface area contributed by atoms with Gasteiger partial charge in [-0.1, -0.05) is 60.7 Å². The number of morpholine rings is 1. The van der Waals surface area contributed by atoms with Crippen molar-refractivity contribution in [3.63, 3.8) is 0 Å². The molecule has 0 radical (unpaired) electrons. The summed E-state index contributed by atoms with van der Waals surface area (Å²) in [7, 11) is 0. The number of benzene rings is 2. The molecule has 26 heavy (non-hydrogen) atoms. The van der Waals surface area contributed by atoms with E-state index in [9.17, 15) is 4.79 Å². The Kier molecular flexibility index (Phi) is 6.07. The number of quaternary nitrogens is 1. The minimum absolute atomic E-state index is 0.0916. The molecule has 4 heteroatoms. The van der Waals surface area contributed by atoms with Crippen molar-refractivity contribution in [2.24, 2.45) is 0 Å². The maximum atomic E-state index is 13.0. The van der Waals surface area contributed by atoms with Gasteiger partial charge in [-0.05, 0) is 20.8 Å². The molecule has 0 aliphatic carbocycles. The first-order valence-electron chi connectivity index (χ1n) is 9.43. The zero-order chi connectivity index (χ0) is 18.5. The van der Waals surface area contributed by atoms with Crippen LogP contribution in [0.1, 0.15) is 37.9 Å². The molecule has 0 saturated carbocycles. The first-order chi connectivity index (χ1) is 12.5. The van der Waals surface area contributed by atoms with Gasteiger partial charge in [0, 0.05) is 24.2 Å². The summed E-state index contributed by atoms with van der Waals surface area (Å²) in [6.45, 7) is 7.40. The van der Waals surface area contributed by atoms with Crippen LogP contribution in [0.2, 0.25) is 0 Å². The Balaban J connectivity index is 1.77. The zero-order valence-electron chi connectivity index (χ0n) is 15.8. The number of carbonyl (C=O) groups is 1. The maximum absolute atomic E-state index is 13.0. The molecule has 3 atom stereocenters. The van der Waals surface area contributed by atoms with E-state index in [1.165, 1.54) is 11.1 Å². The molecule has 1 fully saturated rings. The largest absolute Gasteiger partial charge is 0.372 e. The van der Waals surface area contributed by atoms with Crippen molar-refractivity contribution < 1.29 is 14.8 Å². The van der Waals surface area contributed by atoms with Crippen LogP contribution in [0.5, 0.6) is 0 Å². The molecule has 2 N–H and O–H groups in total. The fourth-order valence-corrected chi connectivity index (χ4v) is 3.75. The van der Waals surface area contributed by atoms with Gasteiger partial charge in [-0.15, -0.1) is 0 Å². The highest BCUT2D eigenvalue weighted by Gasteiger charge is 2.32. The molecular weight excluding hydrogens is 324 g/mol. The average Bonchev–Trinajstić information content (AvgIpc) is 2.66. The number of hydrogen-bond donors (Lipinski definition) is 1. The van der Waals surface area contributed by atoms with Crippen molar-refractivity contribution >= 4 is 5.91 Å². The summed E-state index contributed by atoms with van der Waals surface area (Å²) in [5.74, 6) is 0.184. The van der Waals surface area contributed by atoms with Crippen LogP contribution < -0.4 is 5.32 Å². The van der Waals surface area contributed by atoms with E-state index >= 15 is 0 Å². The van der Waals surface area contributed by atoms with Crippen molar-refractivity contribution in [3.05, 3.63) is 71.8 Å². The van der Waals surface area contributed by atoms with Gasteiger partial charge in [0.25, 0.3) is 5.91 Å². The van der Waals surface area contributed by atoms with E-state index in [0.29, 0.717) is 13.1 Å². The van der Waals surface area contributed by atoms with E-state index in [4.69, 9.17) is 4.74 Å². The molecule has 3 rings (SSSR count). The second-order valence-electron chi connectivity index (χ2n) is 7.28. The highest BCUT2D eigenvalue weighted by atomic mass is 16.5. The van der Waals surface area contributed by atoms with Crippen LogP contribution in [0, 0.1) is 0 Å². The van der Waals surface area contributed by atoms with Crippen molar-refractivity contribution in [3.8, 4) is 0 Å². The van der Waals surface area contributed by atoms with Crippen LogP contribution in [0.3, 0.4) is 0 Å². The molecule has 0 unspecified atom stereocenters. The fourth-order valence-electron chi connectivity index (χ4n) is 3.75. The van der Waals surface area contributed by atoms with E-state index in [1.807, 2.05) is 37.8 Å². The minimum atomic E-state index is -0.155. The second-order valence-corrected chi connectivity index (χ2v) is 7.28. The lowest BCUT2D eigenvalue weighted by atomic mass is 9.97. The summed E-state index contributed by atoms with van der Waals surface area (Å²) in [4.78, 5) is 15.0. The number of hydrogen-bond acceptors (Lipinski definition) is 2. The Morgan fingerprint density at radius 1 is 0.962 bits per heavy atom. The third-order valence-electron chi connectivity index (χ3n) is 4.92. The molecule has 0 aromatic heterocycles. The van der Waals surface area contributed by atoms with Crippen LogP contribution in [0.4, 0.5) is 0 Å². The van der Waals surface area contributed by atoms with E-state index in [-0.39, 0.29) is 30.2 Å². The van der Waals surface area contributed by atoms with Gasteiger partial charge in [0.05, 0.1) is 12.2 Å². The van der Waals surface area contributed by atoms with Gasteiger partial charge in [0.1, 0.15) is 6.04 Å². The molecular formula is C22H29N2O2+. The van der Waals surface area contributed by atoms with Gasteiger partial charge in [-0.3, -0.25) is 4.79 Å². The number of carbonyl (C=O) groups excluding carboxylic acids is 1. The van der Waals surface area contributed by atoms with Gasteiger partial charge in [0.2, 0.25) is 0 Å². The second kappa shape index (κ2) is 8.47. The normalized spacial score (nSPS) is 21.6. The van der Waals surface area contributed by atoms with E-state index < -0.39 is 0 Å². The van der Waals surface area contributed by atoms with Gasteiger partial charge >= 0.3 is 0 Å². The topological polar surface area (TPSA) is 46.2 Å². The van der Waals surface area contributed by atoms with Crippen LogP contribution in [0.15, 0.2) is 60.7 Å². The molecule has 1 heterocycles. The molecule has 4 nitrogen and oxygen atoms in total. The monoisotopic (exact) mass is 353 g/mol. The van der Waals surface area contributed by atoms with E-state index in [1.54, 1.807) is 0 Å². The Hall–Kier alpha value is -2.17. The summed E-state index contributed by atoms with van der Waals surface area (Å²) in [5, 5.41) is 2.18. The van der Waals surface area contributed by atoms with Crippen molar-refractivity contribution in [1.29, 1.82) is 0 Å². The van der Waals surface area contributed by atoms with Crippen LogP contribution in [0.25, 0.3) is 0 Å². The van der Waals surface area contributed by atoms with E-state index in [0.717, 1.165) is 0 Å². The molecule has 1 saturated heterocycles. The molecule has 1 aliphatic heterocycles. The molecule has 2 aromatic carbocycles. The Morgan fingerprint density at radius 3 is 1.88 bits per heavy atom. The summed E-state index contributed by atoms with van der Waals surface area (Å²) in [6, 6.07) is 20.7. The molecule has 1 amide bonds. The standard InChI is InChI=1S/C22H28N2O2/c1-16-14-24(15-17(2)26-16)22(25)18(3)23-21(19-10-6-4-7-11-19)20-12-8-5-9-13-20/h4-13,16-18,21,23H,14-15H2,1-3H3/p+1/t16-,17+,18-/m1/s1. The van der Waals surface area contributed by atoms with Crippen LogP contribution >= 0.6 is 0 Å². The maximum Gasteiger partial charge on any atom is 0.280 e. The SMILES string of the molecule is C[C@@H]1CN(C(=O)[C@@H](C)[NH2+]C(c2ccccc2)c2ccccc2)C[C@H](C)O1. The van der Waals surface area contributed by atoms with Gasteiger partial charge in [-0.25, -0.2) is 0 Å². The third-order valence-corrected chi connectivity index (χ3v) is 4.92. The Morgan fingerprint density at radius 2 is 1.42 bits per heavy atom. The summed E-state index contributed by atoms with van der Waals surface area (Å²) in [6.07, 6.45) is 0.183. The number of rotatable bonds is 5. The van der Waals surface area contributed by atoms with Crippen LogP contribution in [-0.2, 0) is 9.53 Å². The van der Waals surface area contributed by atoms with E-state index in [2.05, 4.69) is 53.8 Å². The lowest BCUT2D eigenvalue weighted by molar-refractivity contribution is -0.705. The fraction of sp³-hybridized carbons (Fsp3) is 0.409. The van der Waals surface area contributed by atoms with Gasteiger partial charge in [-0.2, -0.15) is 0 Å². The molecule has 138 valence electrons. The first-order valence-corrected chi connectivity index (χ1v) is 9.43. The Bertz CT molecular complexity index is 655.